The smallest absolute Gasteiger partial charge is 0.453 e. The van der Waals surface area contributed by atoms with Crippen LogP contribution in [0.15, 0.2) is 0 Å². The van der Waals surface area contributed by atoms with Crippen LogP contribution in [0.25, 0.3) is 0 Å². The number of hydrogen-bond acceptors (Lipinski definition) is 3. The van der Waals surface area contributed by atoms with Crippen LogP contribution in [0.2, 0.25) is 0 Å². The summed E-state index contributed by atoms with van der Waals surface area (Å²) in [4.78, 5) is 23.1. The lowest BCUT2D eigenvalue weighted by atomic mass is 10.1. The lowest BCUT2D eigenvalue weighted by molar-refractivity contribution is -0.285. The van der Waals surface area contributed by atoms with Crippen molar-refractivity contribution >= 4 is 11.9 Å². The van der Waals surface area contributed by atoms with E-state index < -0.39 is 37.5 Å². The van der Waals surface area contributed by atoms with Crippen molar-refractivity contribution in [3.05, 3.63) is 0 Å². The number of ether oxygens (including phenoxy) is 1. The highest BCUT2D eigenvalue weighted by atomic mass is 19.4. The Morgan fingerprint density at radius 2 is 1.30 bits per heavy atom. The van der Waals surface area contributed by atoms with Gasteiger partial charge in [-0.1, -0.05) is 64.7 Å². The van der Waals surface area contributed by atoms with E-state index in [0.717, 1.165) is 19.3 Å². The van der Waals surface area contributed by atoms with Gasteiger partial charge in [-0.2, -0.15) is 22.0 Å². The molecule has 30 heavy (non-hydrogen) atoms. The molecule has 9 heteroatoms. The Morgan fingerprint density at radius 1 is 0.767 bits per heavy atom. The molecular formula is C21H36F5NO3. The second kappa shape index (κ2) is 16.3. The summed E-state index contributed by atoms with van der Waals surface area (Å²) in [6.07, 6.45) is 3.89. The molecule has 0 bridgehead atoms. The van der Waals surface area contributed by atoms with Crippen molar-refractivity contribution in [3.63, 3.8) is 0 Å². The summed E-state index contributed by atoms with van der Waals surface area (Å²) >= 11 is 0. The number of esters is 1. The lowest BCUT2D eigenvalue weighted by Crippen LogP contribution is -2.36. The van der Waals surface area contributed by atoms with Crippen molar-refractivity contribution in [2.45, 2.75) is 109 Å². The molecule has 0 aliphatic rings. The molecule has 0 rings (SSSR count). The number of halogens is 5. The van der Waals surface area contributed by atoms with Crippen LogP contribution in [0, 0.1) is 0 Å². The third-order valence-electron chi connectivity index (χ3n) is 4.72. The molecule has 0 fully saturated rings. The summed E-state index contributed by atoms with van der Waals surface area (Å²) in [5.74, 6) is -5.90. The molecule has 0 aromatic carbocycles. The Morgan fingerprint density at radius 3 is 1.83 bits per heavy atom. The highest BCUT2D eigenvalue weighted by Gasteiger charge is 2.56. The molecule has 0 aliphatic heterocycles. The molecule has 0 aromatic rings. The predicted molar refractivity (Wildman–Crippen MR) is 105 cm³/mol. The normalized spacial score (nSPS) is 12.1. The lowest BCUT2D eigenvalue weighted by Gasteiger charge is -2.19. The van der Waals surface area contributed by atoms with Gasteiger partial charge in [-0.3, -0.25) is 9.59 Å². The quantitative estimate of drug-likeness (QED) is 0.152. The van der Waals surface area contributed by atoms with Gasteiger partial charge in [0.05, 0.1) is 13.0 Å². The van der Waals surface area contributed by atoms with Crippen molar-refractivity contribution < 1.29 is 36.3 Å². The van der Waals surface area contributed by atoms with Crippen LogP contribution < -0.4 is 5.32 Å². The zero-order valence-corrected chi connectivity index (χ0v) is 17.9. The Bertz CT molecular complexity index is 470. The second-order valence-electron chi connectivity index (χ2n) is 7.56. The van der Waals surface area contributed by atoms with Crippen molar-refractivity contribution in [2.75, 3.05) is 13.2 Å². The fraction of sp³-hybridized carbons (Fsp3) is 0.905. The van der Waals surface area contributed by atoms with Gasteiger partial charge in [-0.15, -0.1) is 0 Å². The van der Waals surface area contributed by atoms with E-state index in [1.807, 2.05) is 0 Å². The Kier molecular flexibility index (Phi) is 15.5. The average Bonchev–Trinajstić information content (AvgIpc) is 2.67. The summed E-state index contributed by atoms with van der Waals surface area (Å²) in [5.41, 5.74) is 0. The molecule has 4 nitrogen and oxygen atoms in total. The van der Waals surface area contributed by atoms with E-state index in [4.69, 9.17) is 0 Å². The zero-order valence-electron chi connectivity index (χ0n) is 17.9. The van der Waals surface area contributed by atoms with E-state index in [1.54, 1.807) is 0 Å². The summed E-state index contributed by atoms with van der Waals surface area (Å²) in [6.45, 7) is 2.18. The Labute approximate surface area is 176 Å². The van der Waals surface area contributed by atoms with Crippen molar-refractivity contribution in [1.82, 2.24) is 5.32 Å². The maximum atomic E-state index is 12.7. The van der Waals surface area contributed by atoms with Crippen LogP contribution in [-0.2, 0) is 14.3 Å². The van der Waals surface area contributed by atoms with Crippen LogP contribution >= 0.6 is 0 Å². The van der Waals surface area contributed by atoms with E-state index in [2.05, 4.69) is 17.0 Å². The maximum Gasteiger partial charge on any atom is 0.453 e. The van der Waals surface area contributed by atoms with Crippen LogP contribution in [0.1, 0.15) is 96.8 Å². The summed E-state index contributed by atoms with van der Waals surface area (Å²) in [7, 11) is 0. The summed E-state index contributed by atoms with van der Waals surface area (Å²) in [6, 6.07) is 0. The van der Waals surface area contributed by atoms with Gasteiger partial charge in [0.15, 0.2) is 0 Å². The third-order valence-corrected chi connectivity index (χ3v) is 4.72. The molecule has 0 radical (unpaired) electrons. The monoisotopic (exact) mass is 445 g/mol. The highest BCUT2D eigenvalue weighted by molar-refractivity contribution is 5.81. The highest BCUT2D eigenvalue weighted by Crippen LogP contribution is 2.38. The average molecular weight is 446 g/mol. The van der Waals surface area contributed by atoms with Crippen molar-refractivity contribution in [3.8, 4) is 0 Å². The van der Waals surface area contributed by atoms with Gasteiger partial charge in [0, 0.05) is 19.4 Å². The second-order valence-corrected chi connectivity index (χ2v) is 7.56. The molecule has 0 unspecified atom stereocenters. The van der Waals surface area contributed by atoms with Crippen molar-refractivity contribution in [2.24, 2.45) is 0 Å². The number of carbonyl (C=O) groups excluding carboxylic acids is 2. The molecule has 0 aliphatic carbocycles. The third kappa shape index (κ3) is 15.4. The standard InChI is InChI=1S/C21H36F5NO3/c1-2-3-4-5-6-7-8-9-10-11-16-27-18(28)13-14-19(29)30-17-12-15-20(22,23)21(24,25)26/h2-17H2,1H3,(H,27,28). The Hall–Kier alpha value is -1.41. The first-order chi connectivity index (χ1) is 14.1. The predicted octanol–water partition coefficient (Wildman–Crippen LogP) is 6.32. The van der Waals surface area contributed by atoms with Gasteiger partial charge in [0.2, 0.25) is 5.91 Å². The minimum absolute atomic E-state index is 0.102. The number of amides is 1. The fourth-order valence-corrected chi connectivity index (χ4v) is 2.84. The van der Waals surface area contributed by atoms with Gasteiger partial charge >= 0.3 is 18.1 Å². The SMILES string of the molecule is CCCCCCCCCCCCNC(=O)CCC(=O)OCCCC(F)(F)C(F)(F)F. The van der Waals surface area contributed by atoms with Crippen molar-refractivity contribution in [1.29, 1.82) is 0 Å². The largest absolute Gasteiger partial charge is 0.466 e. The van der Waals surface area contributed by atoms with Gasteiger partial charge in [0.1, 0.15) is 0 Å². The number of alkyl halides is 5. The van der Waals surface area contributed by atoms with Gasteiger partial charge in [0.25, 0.3) is 0 Å². The van der Waals surface area contributed by atoms with Gasteiger partial charge < -0.3 is 10.1 Å². The van der Waals surface area contributed by atoms with Crippen LogP contribution in [-0.4, -0.2) is 37.1 Å². The van der Waals surface area contributed by atoms with E-state index in [0.29, 0.717) is 6.54 Å². The van der Waals surface area contributed by atoms with Crippen LogP contribution in [0.3, 0.4) is 0 Å². The maximum absolute atomic E-state index is 12.7. The molecule has 0 saturated carbocycles. The molecule has 1 amide bonds. The summed E-state index contributed by atoms with van der Waals surface area (Å²) in [5, 5.41) is 2.70. The van der Waals surface area contributed by atoms with E-state index in [9.17, 15) is 31.5 Å². The molecule has 0 spiro atoms. The van der Waals surface area contributed by atoms with Crippen LogP contribution in [0.5, 0.6) is 0 Å². The summed E-state index contributed by atoms with van der Waals surface area (Å²) < 4.78 is 65.9. The molecule has 0 aromatic heterocycles. The minimum Gasteiger partial charge on any atom is -0.466 e. The number of rotatable bonds is 18. The van der Waals surface area contributed by atoms with E-state index >= 15 is 0 Å². The molecule has 0 saturated heterocycles. The van der Waals surface area contributed by atoms with Crippen LogP contribution in [0.4, 0.5) is 22.0 Å². The molecular weight excluding hydrogens is 409 g/mol. The minimum atomic E-state index is -5.61. The Balaban J connectivity index is 3.54. The molecule has 0 atom stereocenters. The number of unbranched alkanes of at least 4 members (excludes halogenated alkanes) is 9. The molecule has 0 heterocycles. The first kappa shape index (κ1) is 28.6. The number of nitrogens with one attached hydrogen (secondary N) is 1. The molecule has 1 N–H and O–H groups in total. The molecule has 178 valence electrons. The number of hydrogen-bond donors (Lipinski definition) is 1. The first-order valence-electron chi connectivity index (χ1n) is 11.0. The number of carbonyl (C=O) groups is 2. The zero-order chi connectivity index (χ0) is 22.9. The van der Waals surface area contributed by atoms with Gasteiger partial charge in [-0.05, 0) is 12.8 Å². The van der Waals surface area contributed by atoms with E-state index in [-0.39, 0.29) is 18.7 Å². The first-order valence-corrected chi connectivity index (χ1v) is 11.0. The van der Waals surface area contributed by atoms with Gasteiger partial charge in [-0.25, -0.2) is 0 Å². The topological polar surface area (TPSA) is 55.4 Å². The fourth-order valence-electron chi connectivity index (χ4n) is 2.84. The van der Waals surface area contributed by atoms with E-state index in [1.165, 1.54) is 44.9 Å².